The first-order valence-electron chi connectivity index (χ1n) is 5.81. The van der Waals surface area contributed by atoms with Crippen LogP contribution in [-0.4, -0.2) is 15.2 Å². The number of aryl methyl sites for hydroxylation is 1. The Kier molecular flexibility index (Phi) is 3.17. The molecule has 1 fully saturated rings. The second-order valence-corrected chi connectivity index (χ2v) is 4.18. The molecule has 1 saturated carbocycles. The molecule has 0 spiro atoms. The number of H-pyrrole nitrogens is 1. The van der Waals surface area contributed by atoms with Crippen LogP contribution in [0.2, 0.25) is 0 Å². The Balaban J connectivity index is 2.04. The van der Waals surface area contributed by atoms with Gasteiger partial charge in [0, 0.05) is 12.3 Å². The van der Waals surface area contributed by atoms with Crippen LogP contribution in [0.15, 0.2) is 0 Å². The Morgan fingerprint density at radius 2 is 1.93 bits per heavy atom. The molecule has 1 aromatic rings. The smallest absolute Gasteiger partial charge is 0.153 e. The summed E-state index contributed by atoms with van der Waals surface area (Å²) in [4.78, 5) is 4.53. The highest BCUT2D eigenvalue weighted by atomic mass is 15.2. The van der Waals surface area contributed by atoms with Gasteiger partial charge in [-0.1, -0.05) is 32.6 Å². The van der Waals surface area contributed by atoms with Crippen LogP contribution in [0.1, 0.15) is 63.0 Å². The molecule has 1 heterocycles. The lowest BCUT2D eigenvalue weighted by atomic mass is 10.00. The quantitative estimate of drug-likeness (QED) is 0.734. The average Bonchev–Trinajstić information content (AvgIpc) is 2.53. The van der Waals surface area contributed by atoms with E-state index in [1.165, 1.54) is 38.5 Å². The van der Waals surface area contributed by atoms with Crippen LogP contribution in [-0.2, 0) is 6.42 Å². The van der Waals surface area contributed by atoms with Gasteiger partial charge in [-0.2, -0.15) is 5.10 Å². The van der Waals surface area contributed by atoms with E-state index in [0.717, 1.165) is 18.1 Å². The second-order valence-electron chi connectivity index (χ2n) is 4.18. The monoisotopic (exact) mass is 193 g/mol. The van der Waals surface area contributed by atoms with Gasteiger partial charge in [0.2, 0.25) is 0 Å². The van der Waals surface area contributed by atoms with E-state index in [-0.39, 0.29) is 0 Å². The second kappa shape index (κ2) is 4.58. The molecular weight excluding hydrogens is 174 g/mol. The zero-order valence-electron chi connectivity index (χ0n) is 8.92. The Bertz CT molecular complexity index is 272. The predicted molar refractivity (Wildman–Crippen MR) is 56.2 cm³/mol. The number of aromatic amines is 1. The van der Waals surface area contributed by atoms with E-state index >= 15 is 0 Å². The lowest BCUT2D eigenvalue weighted by Crippen LogP contribution is -1.99. The van der Waals surface area contributed by atoms with Crippen molar-refractivity contribution in [2.45, 2.75) is 57.8 Å². The van der Waals surface area contributed by atoms with Crippen LogP contribution in [0, 0.1) is 0 Å². The molecule has 0 saturated heterocycles. The summed E-state index contributed by atoms with van der Waals surface area (Å²) in [5.41, 5.74) is 0. The molecule has 1 N–H and O–H groups in total. The van der Waals surface area contributed by atoms with Gasteiger partial charge in [0.1, 0.15) is 5.82 Å². The Morgan fingerprint density at radius 1 is 1.21 bits per heavy atom. The normalized spacial score (nSPS) is 19.5. The highest BCUT2D eigenvalue weighted by molar-refractivity contribution is 4.98. The maximum atomic E-state index is 4.53. The van der Waals surface area contributed by atoms with Gasteiger partial charge in [-0.05, 0) is 12.8 Å². The lowest BCUT2D eigenvalue weighted by molar-refractivity contribution is 0.562. The number of nitrogens with one attached hydrogen (secondary N) is 1. The largest absolute Gasteiger partial charge is 0.263 e. The van der Waals surface area contributed by atoms with E-state index in [9.17, 15) is 0 Å². The summed E-state index contributed by atoms with van der Waals surface area (Å²) in [6.45, 7) is 2.11. The fraction of sp³-hybridized carbons (Fsp3) is 0.818. The third-order valence-electron chi connectivity index (χ3n) is 3.10. The minimum atomic E-state index is 0.619. The zero-order chi connectivity index (χ0) is 9.80. The van der Waals surface area contributed by atoms with Gasteiger partial charge < -0.3 is 0 Å². The van der Waals surface area contributed by atoms with Crippen LogP contribution in [0.5, 0.6) is 0 Å². The van der Waals surface area contributed by atoms with Crippen LogP contribution in [0.25, 0.3) is 0 Å². The molecule has 0 bridgehead atoms. The minimum absolute atomic E-state index is 0.619. The molecule has 78 valence electrons. The Hall–Kier alpha value is -0.860. The standard InChI is InChI=1S/C11H19N3/c1-2-10-12-11(14-13-10)9-7-5-3-4-6-8-9/h9H,2-8H2,1H3,(H,12,13,14). The van der Waals surface area contributed by atoms with Crippen molar-refractivity contribution < 1.29 is 0 Å². The summed E-state index contributed by atoms with van der Waals surface area (Å²) in [7, 11) is 0. The molecule has 0 aromatic carbocycles. The van der Waals surface area contributed by atoms with Crippen LogP contribution >= 0.6 is 0 Å². The van der Waals surface area contributed by atoms with Gasteiger partial charge in [0.15, 0.2) is 5.82 Å². The molecule has 0 amide bonds. The molecule has 0 aliphatic heterocycles. The van der Waals surface area contributed by atoms with E-state index in [2.05, 4.69) is 22.1 Å². The molecule has 0 radical (unpaired) electrons. The molecule has 3 heteroatoms. The molecule has 1 aromatic heterocycles. The van der Waals surface area contributed by atoms with Crippen molar-refractivity contribution in [3.05, 3.63) is 11.6 Å². The molecule has 3 nitrogen and oxygen atoms in total. The maximum absolute atomic E-state index is 4.53. The number of aromatic nitrogens is 3. The summed E-state index contributed by atoms with van der Waals surface area (Å²) in [6, 6.07) is 0. The van der Waals surface area contributed by atoms with E-state index in [1.807, 2.05) is 0 Å². The number of hydrogen-bond acceptors (Lipinski definition) is 2. The first-order valence-corrected chi connectivity index (χ1v) is 5.81. The molecule has 2 rings (SSSR count). The molecular formula is C11H19N3. The zero-order valence-corrected chi connectivity index (χ0v) is 8.92. The van der Waals surface area contributed by atoms with Crippen molar-refractivity contribution >= 4 is 0 Å². The highest BCUT2D eigenvalue weighted by Crippen LogP contribution is 2.29. The fourth-order valence-electron chi connectivity index (χ4n) is 2.19. The third kappa shape index (κ3) is 2.14. The van der Waals surface area contributed by atoms with Crippen molar-refractivity contribution in [1.29, 1.82) is 0 Å². The summed E-state index contributed by atoms with van der Waals surface area (Å²) in [5.74, 6) is 2.71. The molecule has 0 atom stereocenters. The first-order chi connectivity index (χ1) is 6.90. The predicted octanol–water partition coefficient (Wildman–Crippen LogP) is 2.80. The SMILES string of the molecule is CCc1nc(C2CCCCCC2)n[nH]1. The number of hydrogen-bond donors (Lipinski definition) is 1. The number of rotatable bonds is 2. The number of nitrogens with zero attached hydrogens (tertiary/aromatic N) is 2. The third-order valence-corrected chi connectivity index (χ3v) is 3.10. The van der Waals surface area contributed by atoms with Gasteiger partial charge in [-0.3, -0.25) is 5.10 Å². The molecule has 14 heavy (non-hydrogen) atoms. The van der Waals surface area contributed by atoms with Crippen molar-refractivity contribution in [2.24, 2.45) is 0 Å². The maximum Gasteiger partial charge on any atom is 0.153 e. The fourth-order valence-corrected chi connectivity index (χ4v) is 2.19. The first kappa shape index (κ1) is 9.69. The van der Waals surface area contributed by atoms with Gasteiger partial charge >= 0.3 is 0 Å². The van der Waals surface area contributed by atoms with Gasteiger partial charge in [0.05, 0.1) is 0 Å². The van der Waals surface area contributed by atoms with E-state index in [0.29, 0.717) is 5.92 Å². The molecule has 1 aliphatic carbocycles. The summed E-state index contributed by atoms with van der Waals surface area (Å²) in [5, 5.41) is 7.33. The highest BCUT2D eigenvalue weighted by Gasteiger charge is 2.18. The summed E-state index contributed by atoms with van der Waals surface area (Å²) >= 11 is 0. The Labute approximate surface area is 85.3 Å². The van der Waals surface area contributed by atoms with Crippen LogP contribution in [0.4, 0.5) is 0 Å². The van der Waals surface area contributed by atoms with E-state index < -0.39 is 0 Å². The van der Waals surface area contributed by atoms with Crippen molar-refractivity contribution in [3.8, 4) is 0 Å². The van der Waals surface area contributed by atoms with E-state index in [4.69, 9.17) is 0 Å². The van der Waals surface area contributed by atoms with Crippen molar-refractivity contribution in [2.75, 3.05) is 0 Å². The summed E-state index contributed by atoms with van der Waals surface area (Å²) < 4.78 is 0. The van der Waals surface area contributed by atoms with Gasteiger partial charge in [-0.15, -0.1) is 0 Å². The molecule has 1 aliphatic rings. The minimum Gasteiger partial charge on any atom is -0.263 e. The lowest BCUT2D eigenvalue weighted by Gasteiger charge is -2.08. The topological polar surface area (TPSA) is 41.6 Å². The van der Waals surface area contributed by atoms with Crippen molar-refractivity contribution in [1.82, 2.24) is 15.2 Å². The van der Waals surface area contributed by atoms with Crippen LogP contribution in [0.3, 0.4) is 0 Å². The Morgan fingerprint density at radius 3 is 2.50 bits per heavy atom. The average molecular weight is 193 g/mol. The van der Waals surface area contributed by atoms with Crippen molar-refractivity contribution in [3.63, 3.8) is 0 Å². The van der Waals surface area contributed by atoms with Crippen LogP contribution < -0.4 is 0 Å². The summed E-state index contributed by atoms with van der Waals surface area (Å²) in [6.07, 6.45) is 8.99. The van der Waals surface area contributed by atoms with Gasteiger partial charge in [-0.25, -0.2) is 4.98 Å². The van der Waals surface area contributed by atoms with Gasteiger partial charge in [0.25, 0.3) is 0 Å². The molecule has 0 unspecified atom stereocenters. The van der Waals surface area contributed by atoms with E-state index in [1.54, 1.807) is 0 Å².